The van der Waals surface area contributed by atoms with Gasteiger partial charge in [-0.2, -0.15) is 13.2 Å². The lowest BCUT2D eigenvalue weighted by Crippen LogP contribution is -2.40. The highest BCUT2D eigenvalue weighted by molar-refractivity contribution is 4.87. The molecule has 0 N–H and O–H groups in total. The van der Waals surface area contributed by atoms with Crippen molar-refractivity contribution < 1.29 is 13.2 Å². The third kappa shape index (κ3) is 2.59. The van der Waals surface area contributed by atoms with Crippen molar-refractivity contribution in [1.82, 2.24) is 4.90 Å². The molecular formula is C9H16F3N. The first-order valence-corrected chi connectivity index (χ1v) is 4.53. The number of likely N-dealkylation sites (tertiary alicyclic amines) is 1. The zero-order chi connectivity index (χ0) is 10.3. The Morgan fingerprint density at radius 1 is 1.15 bits per heavy atom. The van der Waals surface area contributed by atoms with E-state index >= 15 is 0 Å². The van der Waals surface area contributed by atoms with Crippen molar-refractivity contribution in [3.8, 4) is 0 Å². The van der Waals surface area contributed by atoms with Crippen LogP contribution < -0.4 is 0 Å². The fourth-order valence-corrected chi connectivity index (χ4v) is 1.64. The Hall–Kier alpha value is -0.250. The van der Waals surface area contributed by atoms with Gasteiger partial charge in [0, 0.05) is 12.1 Å². The van der Waals surface area contributed by atoms with Crippen LogP contribution in [-0.2, 0) is 0 Å². The van der Waals surface area contributed by atoms with E-state index in [-0.39, 0.29) is 18.5 Å². The van der Waals surface area contributed by atoms with Crippen LogP contribution in [0.1, 0.15) is 27.2 Å². The van der Waals surface area contributed by atoms with Crippen molar-refractivity contribution in [3.05, 3.63) is 0 Å². The monoisotopic (exact) mass is 195 g/mol. The van der Waals surface area contributed by atoms with E-state index in [9.17, 15) is 13.2 Å². The van der Waals surface area contributed by atoms with Gasteiger partial charge >= 0.3 is 6.18 Å². The Morgan fingerprint density at radius 2 is 1.69 bits per heavy atom. The second-order valence-corrected chi connectivity index (χ2v) is 4.64. The lowest BCUT2D eigenvalue weighted by molar-refractivity contribution is -0.171. The van der Waals surface area contributed by atoms with Crippen LogP contribution in [0.25, 0.3) is 0 Å². The van der Waals surface area contributed by atoms with E-state index in [0.29, 0.717) is 6.54 Å². The Balaban J connectivity index is 2.55. The van der Waals surface area contributed by atoms with Crippen LogP contribution in [0.2, 0.25) is 0 Å². The smallest absolute Gasteiger partial charge is 0.298 e. The largest absolute Gasteiger partial charge is 0.393 e. The molecule has 1 heterocycles. The van der Waals surface area contributed by atoms with E-state index in [4.69, 9.17) is 0 Å². The van der Waals surface area contributed by atoms with E-state index in [1.54, 1.807) is 0 Å². The first kappa shape index (κ1) is 10.8. The summed E-state index contributed by atoms with van der Waals surface area (Å²) in [5.74, 6) is -1.12. The molecule has 0 aliphatic carbocycles. The lowest BCUT2D eigenvalue weighted by atomic mass is 10.1. The molecule has 4 heteroatoms. The highest BCUT2D eigenvalue weighted by atomic mass is 19.4. The molecule has 0 spiro atoms. The van der Waals surface area contributed by atoms with Gasteiger partial charge in [0.2, 0.25) is 0 Å². The zero-order valence-corrected chi connectivity index (χ0v) is 8.28. The minimum absolute atomic E-state index is 0.139. The number of rotatable bonds is 0. The molecule has 0 unspecified atom stereocenters. The standard InChI is InChI=1S/C9H16F3N/c1-8(2,3)13-5-4-7(6-13)9(10,11)12/h7H,4-6H2,1-3H3/t7-/m1/s1. The Morgan fingerprint density at radius 3 is 1.92 bits per heavy atom. The SMILES string of the molecule is CC(C)(C)N1CC[C@@H](C(F)(F)F)C1. The molecule has 1 fully saturated rings. The van der Waals surface area contributed by atoms with Crippen molar-refractivity contribution in [2.45, 2.75) is 38.9 Å². The lowest BCUT2D eigenvalue weighted by Gasteiger charge is -2.31. The molecular weight excluding hydrogens is 179 g/mol. The minimum atomic E-state index is -4.01. The molecule has 1 nitrogen and oxygen atoms in total. The van der Waals surface area contributed by atoms with Crippen molar-refractivity contribution >= 4 is 0 Å². The summed E-state index contributed by atoms with van der Waals surface area (Å²) in [6.45, 7) is 6.57. The second-order valence-electron chi connectivity index (χ2n) is 4.64. The van der Waals surface area contributed by atoms with Crippen LogP contribution in [0.15, 0.2) is 0 Å². The Labute approximate surface area is 76.9 Å². The van der Waals surface area contributed by atoms with E-state index in [0.717, 1.165) is 0 Å². The summed E-state index contributed by atoms with van der Waals surface area (Å²) in [6.07, 6.45) is -3.76. The number of alkyl halides is 3. The molecule has 1 aliphatic heterocycles. The highest BCUT2D eigenvalue weighted by Crippen LogP contribution is 2.35. The van der Waals surface area contributed by atoms with Gasteiger partial charge in [-0.3, -0.25) is 4.90 Å². The number of hydrogen-bond acceptors (Lipinski definition) is 1. The maximum atomic E-state index is 12.3. The van der Waals surface area contributed by atoms with Crippen LogP contribution in [0, 0.1) is 5.92 Å². The molecule has 0 aromatic heterocycles. The van der Waals surface area contributed by atoms with Crippen LogP contribution in [0.4, 0.5) is 13.2 Å². The average Bonchev–Trinajstić information content (AvgIpc) is 2.28. The van der Waals surface area contributed by atoms with E-state index in [1.807, 2.05) is 25.7 Å². The van der Waals surface area contributed by atoms with Gasteiger partial charge in [0.05, 0.1) is 5.92 Å². The maximum absolute atomic E-state index is 12.3. The van der Waals surface area contributed by atoms with Gasteiger partial charge in [0.15, 0.2) is 0 Å². The molecule has 1 rings (SSSR count). The van der Waals surface area contributed by atoms with Crippen molar-refractivity contribution in [3.63, 3.8) is 0 Å². The van der Waals surface area contributed by atoms with Gasteiger partial charge in [-0.1, -0.05) is 0 Å². The summed E-state index contributed by atoms with van der Waals surface area (Å²) in [6, 6.07) is 0. The number of halogens is 3. The molecule has 0 aromatic rings. The van der Waals surface area contributed by atoms with Gasteiger partial charge < -0.3 is 0 Å². The summed E-state index contributed by atoms with van der Waals surface area (Å²) in [4.78, 5) is 1.89. The summed E-state index contributed by atoms with van der Waals surface area (Å²) >= 11 is 0. The van der Waals surface area contributed by atoms with E-state index < -0.39 is 12.1 Å². The third-order valence-electron chi connectivity index (χ3n) is 2.60. The first-order chi connectivity index (χ1) is 5.71. The molecule has 0 amide bonds. The van der Waals surface area contributed by atoms with E-state index in [2.05, 4.69) is 0 Å². The van der Waals surface area contributed by atoms with Gasteiger partial charge in [-0.15, -0.1) is 0 Å². The predicted octanol–water partition coefficient (Wildman–Crippen LogP) is 2.67. The van der Waals surface area contributed by atoms with Crippen molar-refractivity contribution in [2.24, 2.45) is 5.92 Å². The van der Waals surface area contributed by atoms with Crippen LogP contribution >= 0.6 is 0 Å². The quantitative estimate of drug-likeness (QED) is 0.574. The third-order valence-corrected chi connectivity index (χ3v) is 2.60. The highest BCUT2D eigenvalue weighted by Gasteiger charge is 2.45. The maximum Gasteiger partial charge on any atom is 0.393 e. The average molecular weight is 195 g/mol. The van der Waals surface area contributed by atoms with Gasteiger partial charge in [-0.25, -0.2) is 0 Å². The zero-order valence-electron chi connectivity index (χ0n) is 8.28. The molecule has 13 heavy (non-hydrogen) atoms. The Bertz CT molecular complexity index is 160. The van der Waals surface area contributed by atoms with Crippen LogP contribution in [-0.4, -0.2) is 29.7 Å². The summed E-state index contributed by atoms with van der Waals surface area (Å²) in [5, 5.41) is 0. The van der Waals surface area contributed by atoms with Gasteiger partial charge in [-0.05, 0) is 33.7 Å². The number of nitrogens with zero attached hydrogens (tertiary/aromatic N) is 1. The molecule has 0 radical (unpaired) electrons. The fraction of sp³-hybridized carbons (Fsp3) is 1.00. The summed E-state index contributed by atoms with van der Waals surface area (Å²) in [7, 11) is 0. The van der Waals surface area contributed by atoms with Gasteiger partial charge in [0.1, 0.15) is 0 Å². The van der Waals surface area contributed by atoms with E-state index in [1.165, 1.54) is 0 Å². The minimum Gasteiger partial charge on any atom is -0.298 e. The fourth-order valence-electron chi connectivity index (χ4n) is 1.64. The molecule has 0 saturated carbocycles. The first-order valence-electron chi connectivity index (χ1n) is 4.53. The van der Waals surface area contributed by atoms with Gasteiger partial charge in [0.25, 0.3) is 0 Å². The Kier molecular flexibility index (Phi) is 2.63. The summed E-state index contributed by atoms with van der Waals surface area (Å²) < 4.78 is 36.9. The van der Waals surface area contributed by atoms with Crippen LogP contribution in [0.5, 0.6) is 0 Å². The van der Waals surface area contributed by atoms with Crippen molar-refractivity contribution in [2.75, 3.05) is 13.1 Å². The van der Waals surface area contributed by atoms with Crippen molar-refractivity contribution in [1.29, 1.82) is 0 Å². The molecule has 0 bridgehead atoms. The second kappa shape index (κ2) is 3.15. The molecule has 0 aromatic carbocycles. The predicted molar refractivity (Wildman–Crippen MR) is 45.5 cm³/mol. The molecule has 1 saturated heterocycles. The normalized spacial score (nSPS) is 26.8. The molecule has 1 aliphatic rings. The molecule has 1 atom stereocenters. The number of hydrogen-bond donors (Lipinski definition) is 0. The topological polar surface area (TPSA) is 3.24 Å². The van der Waals surface area contributed by atoms with Crippen LogP contribution in [0.3, 0.4) is 0 Å². The molecule has 78 valence electrons. The summed E-state index contributed by atoms with van der Waals surface area (Å²) in [5.41, 5.74) is -0.139.